The number of aliphatic hydroxyl groups is 1. The van der Waals surface area contributed by atoms with E-state index in [1.807, 2.05) is 55.9 Å². The number of carbonyl (C=O) groups is 2. The first kappa shape index (κ1) is 18.8. The van der Waals surface area contributed by atoms with Crippen molar-refractivity contribution in [1.29, 1.82) is 0 Å². The van der Waals surface area contributed by atoms with Crippen LogP contribution in [0.1, 0.15) is 57.6 Å². The number of ketones is 1. The zero-order valence-corrected chi connectivity index (χ0v) is 16.8. The Morgan fingerprint density at radius 1 is 1.21 bits per heavy atom. The lowest BCUT2D eigenvalue weighted by molar-refractivity contribution is -0.131. The standard InChI is InChI=1S/C23H28N2O3/c1-14(2)12-19(26)20-21(17-13-24(3)18-11-7-6-10-16(17)18)25(23(28)22(20)27)15-8-4-5-9-15/h6-7,10-11,13-15,21,27H,4-5,8-9,12H2,1-3H3. The Morgan fingerprint density at radius 2 is 1.89 bits per heavy atom. The quantitative estimate of drug-likeness (QED) is 0.834. The molecule has 0 bridgehead atoms. The summed E-state index contributed by atoms with van der Waals surface area (Å²) in [6.45, 7) is 3.96. The first-order valence-electron chi connectivity index (χ1n) is 10.2. The maximum Gasteiger partial charge on any atom is 0.290 e. The first-order chi connectivity index (χ1) is 13.4. The van der Waals surface area contributed by atoms with Crippen LogP contribution < -0.4 is 0 Å². The highest BCUT2D eigenvalue weighted by atomic mass is 16.3. The fourth-order valence-corrected chi connectivity index (χ4v) is 4.84. The summed E-state index contributed by atoms with van der Waals surface area (Å²) in [6.07, 6.45) is 6.33. The average Bonchev–Trinajstić information content (AvgIpc) is 3.34. The van der Waals surface area contributed by atoms with Crippen LogP contribution in [0.25, 0.3) is 10.9 Å². The van der Waals surface area contributed by atoms with Gasteiger partial charge in [-0.1, -0.05) is 44.9 Å². The van der Waals surface area contributed by atoms with Crippen LogP contribution in [0.5, 0.6) is 0 Å². The molecule has 1 aliphatic carbocycles. The summed E-state index contributed by atoms with van der Waals surface area (Å²) in [6, 6.07) is 7.59. The zero-order valence-electron chi connectivity index (χ0n) is 16.8. The number of para-hydroxylation sites is 1. The van der Waals surface area contributed by atoms with E-state index in [2.05, 4.69) is 0 Å². The normalized spacial score (nSPS) is 20.9. The summed E-state index contributed by atoms with van der Waals surface area (Å²) in [7, 11) is 1.97. The molecule has 2 heterocycles. The maximum atomic E-state index is 13.1. The van der Waals surface area contributed by atoms with E-state index in [1.165, 1.54) is 0 Å². The van der Waals surface area contributed by atoms with Crippen molar-refractivity contribution in [2.75, 3.05) is 0 Å². The molecule has 5 nitrogen and oxygen atoms in total. The van der Waals surface area contributed by atoms with Crippen LogP contribution in [0.4, 0.5) is 0 Å². The van der Waals surface area contributed by atoms with Gasteiger partial charge in [0.2, 0.25) is 0 Å². The second-order valence-electron chi connectivity index (χ2n) is 8.55. The third-order valence-electron chi connectivity index (χ3n) is 6.08. The molecule has 5 heteroatoms. The highest BCUT2D eigenvalue weighted by Crippen LogP contribution is 2.45. The van der Waals surface area contributed by atoms with Gasteiger partial charge in [0.15, 0.2) is 11.5 Å². The van der Waals surface area contributed by atoms with E-state index >= 15 is 0 Å². The van der Waals surface area contributed by atoms with Crippen molar-refractivity contribution in [3.63, 3.8) is 0 Å². The fourth-order valence-electron chi connectivity index (χ4n) is 4.84. The third kappa shape index (κ3) is 2.93. The molecule has 1 atom stereocenters. The minimum Gasteiger partial charge on any atom is -0.503 e. The number of amides is 1. The van der Waals surface area contributed by atoms with Gasteiger partial charge in [0.1, 0.15) is 0 Å². The van der Waals surface area contributed by atoms with E-state index in [-0.39, 0.29) is 29.1 Å². The number of carbonyl (C=O) groups excluding carboxylic acids is 2. The monoisotopic (exact) mass is 380 g/mol. The van der Waals surface area contributed by atoms with Gasteiger partial charge in [-0.15, -0.1) is 0 Å². The van der Waals surface area contributed by atoms with Crippen LogP contribution in [0.15, 0.2) is 41.8 Å². The molecule has 0 saturated heterocycles. The number of Topliss-reactive ketones (excluding diaryl/α,β-unsaturated/α-hetero) is 1. The van der Waals surface area contributed by atoms with E-state index in [0.717, 1.165) is 42.1 Å². The molecule has 1 aromatic heterocycles. The molecule has 1 saturated carbocycles. The number of aryl methyl sites for hydroxylation is 1. The summed E-state index contributed by atoms with van der Waals surface area (Å²) in [5, 5.41) is 11.8. The topological polar surface area (TPSA) is 62.5 Å². The van der Waals surface area contributed by atoms with Gasteiger partial charge in [0.25, 0.3) is 5.91 Å². The Morgan fingerprint density at radius 3 is 2.57 bits per heavy atom. The molecule has 1 unspecified atom stereocenters. The molecule has 28 heavy (non-hydrogen) atoms. The lowest BCUT2D eigenvalue weighted by Gasteiger charge is -2.32. The average molecular weight is 380 g/mol. The van der Waals surface area contributed by atoms with Gasteiger partial charge < -0.3 is 14.6 Å². The van der Waals surface area contributed by atoms with E-state index < -0.39 is 11.9 Å². The van der Waals surface area contributed by atoms with Gasteiger partial charge in [0, 0.05) is 42.2 Å². The van der Waals surface area contributed by atoms with Crippen LogP contribution in [0, 0.1) is 5.92 Å². The van der Waals surface area contributed by atoms with Crippen LogP contribution >= 0.6 is 0 Å². The van der Waals surface area contributed by atoms with Crippen LogP contribution in [0.2, 0.25) is 0 Å². The number of hydrogen-bond donors (Lipinski definition) is 1. The van der Waals surface area contributed by atoms with Crippen LogP contribution in [0.3, 0.4) is 0 Å². The third-order valence-corrected chi connectivity index (χ3v) is 6.08. The molecule has 0 radical (unpaired) electrons. The van der Waals surface area contributed by atoms with Gasteiger partial charge in [-0.25, -0.2) is 0 Å². The Kier molecular flexibility index (Phi) is 4.77. The molecule has 2 aliphatic rings. The van der Waals surface area contributed by atoms with Crippen molar-refractivity contribution in [3.05, 3.63) is 47.4 Å². The number of aromatic nitrogens is 1. The minimum absolute atomic E-state index is 0.0722. The van der Waals surface area contributed by atoms with Gasteiger partial charge in [-0.2, -0.15) is 0 Å². The van der Waals surface area contributed by atoms with E-state index in [1.54, 1.807) is 4.90 Å². The van der Waals surface area contributed by atoms with Gasteiger partial charge in [0.05, 0.1) is 11.6 Å². The molecule has 1 fully saturated rings. The van der Waals surface area contributed by atoms with Crippen molar-refractivity contribution in [1.82, 2.24) is 9.47 Å². The molecule has 1 N–H and O–H groups in total. The highest BCUT2D eigenvalue weighted by molar-refractivity contribution is 6.09. The molecule has 4 rings (SSSR count). The largest absolute Gasteiger partial charge is 0.503 e. The highest BCUT2D eigenvalue weighted by Gasteiger charge is 2.47. The lowest BCUT2D eigenvalue weighted by Crippen LogP contribution is -2.38. The minimum atomic E-state index is -0.507. The summed E-state index contributed by atoms with van der Waals surface area (Å²) >= 11 is 0. The molecule has 1 aromatic carbocycles. The Bertz CT molecular complexity index is 963. The molecule has 2 aromatic rings. The van der Waals surface area contributed by atoms with Crippen molar-refractivity contribution in [3.8, 4) is 0 Å². The second-order valence-corrected chi connectivity index (χ2v) is 8.55. The summed E-state index contributed by atoms with van der Waals surface area (Å²) in [4.78, 5) is 28.0. The maximum absolute atomic E-state index is 13.1. The number of benzene rings is 1. The Balaban J connectivity index is 1.88. The number of aliphatic hydroxyl groups excluding tert-OH is 1. The van der Waals surface area contributed by atoms with Crippen molar-refractivity contribution < 1.29 is 14.7 Å². The number of rotatable bonds is 5. The van der Waals surface area contributed by atoms with Crippen molar-refractivity contribution in [2.45, 2.75) is 58.0 Å². The molecule has 0 spiro atoms. The SMILES string of the molecule is CC(C)CC(=O)C1=C(O)C(=O)N(C2CCCC2)C1c1cn(C)c2ccccc12. The van der Waals surface area contributed by atoms with E-state index in [0.29, 0.717) is 6.42 Å². The van der Waals surface area contributed by atoms with Gasteiger partial charge in [-0.05, 0) is 24.8 Å². The van der Waals surface area contributed by atoms with Gasteiger partial charge in [-0.3, -0.25) is 9.59 Å². The fraction of sp³-hybridized carbons (Fsp3) is 0.478. The molecular weight excluding hydrogens is 352 g/mol. The summed E-state index contributed by atoms with van der Waals surface area (Å²) < 4.78 is 2.03. The molecule has 1 amide bonds. The zero-order chi connectivity index (χ0) is 20.0. The van der Waals surface area contributed by atoms with Gasteiger partial charge >= 0.3 is 0 Å². The smallest absolute Gasteiger partial charge is 0.290 e. The van der Waals surface area contributed by atoms with Crippen molar-refractivity contribution in [2.24, 2.45) is 13.0 Å². The Hall–Kier alpha value is -2.56. The van der Waals surface area contributed by atoms with Crippen LogP contribution in [-0.4, -0.2) is 32.3 Å². The number of fused-ring (bicyclic) bond motifs is 1. The molecular formula is C23H28N2O3. The predicted octanol–water partition coefficient (Wildman–Crippen LogP) is 4.43. The summed E-state index contributed by atoms with van der Waals surface area (Å²) in [5.74, 6) is -0.705. The summed E-state index contributed by atoms with van der Waals surface area (Å²) in [5.41, 5.74) is 2.26. The Labute approximate surface area is 165 Å². The van der Waals surface area contributed by atoms with Crippen molar-refractivity contribution >= 4 is 22.6 Å². The lowest BCUT2D eigenvalue weighted by atomic mass is 9.91. The predicted molar refractivity (Wildman–Crippen MR) is 109 cm³/mol. The number of nitrogens with zero attached hydrogens (tertiary/aromatic N) is 2. The molecule has 148 valence electrons. The van der Waals surface area contributed by atoms with Crippen LogP contribution in [-0.2, 0) is 16.6 Å². The van der Waals surface area contributed by atoms with E-state index in [9.17, 15) is 14.7 Å². The number of hydrogen-bond acceptors (Lipinski definition) is 3. The van der Waals surface area contributed by atoms with E-state index in [4.69, 9.17) is 0 Å². The molecule has 1 aliphatic heterocycles. The second kappa shape index (κ2) is 7.12. The first-order valence-corrected chi connectivity index (χ1v) is 10.2.